The van der Waals surface area contributed by atoms with Crippen molar-refractivity contribution in [2.24, 2.45) is 4.99 Å². The molecule has 0 bridgehead atoms. The van der Waals surface area contributed by atoms with Gasteiger partial charge in [-0.15, -0.1) is 11.3 Å². The molecule has 0 unspecified atom stereocenters. The Balaban J connectivity index is 2.62. The zero-order chi connectivity index (χ0) is 8.97. The first kappa shape index (κ1) is 9.00. The van der Waals surface area contributed by atoms with Crippen LogP contribution in [0.3, 0.4) is 0 Å². The Hall–Kier alpha value is -1.09. The van der Waals surface area contributed by atoms with E-state index in [9.17, 15) is 0 Å². The third kappa shape index (κ3) is 2.51. The predicted octanol–water partition coefficient (Wildman–Crippen LogP) is 2.31. The molecule has 1 aromatic rings. The topological polar surface area (TPSA) is 15.6 Å². The maximum atomic E-state index is 4.18. The van der Waals surface area contributed by atoms with E-state index in [1.165, 1.54) is 0 Å². The van der Waals surface area contributed by atoms with Gasteiger partial charge in [0.25, 0.3) is 0 Å². The van der Waals surface area contributed by atoms with E-state index in [4.69, 9.17) is 0 Å². The van der Waals surface area contributed by atoms with E-state index < -0.39 is 0 Å². The van der Waals surface area contributed by atoms with Crippen LogP contribution in [0.1, 0.15) is 4.88 Å². The molecule has 0 aliphatic carbocycles. The zero-order valence-corrected chi connectivity index (χ0v) is 8.14. The van der Waals surface area contributed by atoms with Crippen LogP contribution in [0.25, 0.3) is 5.70 Å². The van der Waals surface area contributed by atoms with Crippen LogP contribution in [0.15, 0.2) is 29.1 Å². The van der Waals surface area contributed by atoms with Gasteiger partial charge in [-0.3, -0.25) is 0 Å². The molecule has 0 atom stereocenters. The molecule has 0 aliphatic heterocycles. The second-order valence-corrected chi connectivity index (χ2v) is 3.58. The molecule has 1 aromatic heterocycles. The Morgan fingerprint density at radius 1 is 1.67 bits per heavy atom. The molecule has 2 nitrogen and oxygen atoms in total. The van der Waals surface area contributed by atoms with Crippen molar-refractivity contribution in [3.05, 3.63) is 29.0 Å². The first-order valence-electron chi connectivity index (χ1n) is 3.63. The SMILES string of the molecule is C=C(N=CN(C)C)c1cccs1. The molecule has 0 radical (unpaired) electrons. The first-order valence-corrected chi connectivity index (χ1v) is 4.51. The van der Waals surface area contributed by atoms with Crippen LogP contribution >= 0.6 is 11.3 Å². The van der Waals surface area contributed by atoms with Crippen molar-refractivity contribution in [3.63, 3.8) is 0 Å². The molecule has 0 fully saturated rings. The lowest BCUT2D eigenvalue weighted by molar-refractivity contribution is 0.643. The smallest absolute Gasteiger partial charge is 0.0907 e. The van der Waals surface area contributed by atoms with Crippen LogP contribution in [0.2, 0.25) is 0 Å². The average molecular weight is 180 g/mol. The molecule has 64 valence electrons. The summed E-state index contributed by atoms with van der Waals surface area (Å²) >= 11 is 1.65. The standard InChI is InChI=1S/C9H12N2S/c1-8(10-7-11(2)3)9-5-4-6-12-9/h4-7H,1H2,2-3H3. The van der Waals surface area contributed by atoms with E-state index >= 15 is 0 Å². The molecular weight excluding hydrogens is 168 g/mol. The summed E-state index contributed by atoms with van der Waals surface area (Å²) in [5.41, 5.74) is 0.818. The molecule has 0 aliphatic rings. The van der Waals surface area contributed by atoms with Gasteiger partial charge in [0.1, 0.15) is 0 Å². The Labute approximate surface area is 76.9 Å². The fraction of sp³-hybridized carbons (Fsp3) is 0.222. The molecule has 3 heteroatoms. The minimum atomic E-state index is 0.818. The summed E-state index contributed by atoms with van der Waals surface area (Å²) < 4.78 is 0. The number of thiophene rings is 1. The normalized spacial score (nSPS) is 10.5. The van der Waals surface area contributed by atoms with E-state index in [0.29, 0.717) is 0 Å². The second-order valence-electron chi connectivity index (χ2n) is 2.63. The molecule has 1 heterocycles. The van der Waals surface area contributed by atoms with E-state index in [1.54, 1.807) is 17.7 Å². The van der Waals surface area contributed by atoms with E-state index in [1.807, 2.05) is 36.5 Å². The van der Waals surface area contributed by atoms with E-state index in [0.717, 1.165) is 10.6 Å². The minimum Gasteiger partial charge on any atom is -0.369 e. The summed E-state index contributed by atoms with van der Waals surface area (Å²) in [6.07, 6.45) is 1.75. The van der Waals surface area contributed by atoms with Crippen molar-refractivity contribution in [1.29, 1.82) is 0 Å². The largest absolute Gasteiger partial charge is 0.369 e. The van der Waals surface area contributed by atoms with Crippen molar-refractivity contribution in [3.8, 4) is 0 Å². The second kappa shape index (κ2) is 4.07. The van der Waals surface area contributed by atoms with Crippen LogP contribution < -0.4 is 0 Å². The maximum Gasteiger partial charge on any atom is 0.0907 e. The molecule has 0 spiro atoms. The highest BCUT2D eigenvalue weighted by molar-refractivity contribution is 7.11. The quantitative estimate of drug-likeness (QED) is 0.515. The Bertz CT molecular complexity index is 273. The van der Waals surface area contributed by atoms with Crippen LogP contribution in [0.5, 0.6) is 0 Å². The van der Waals surface area contributed by atoms with Gasteiger partial charge in [-0.05, 0) is 11.4 Å². The first-order chi connectivity index (χ1) is 5.70. The number of hydrogen-bond donors (Lipinski definition) is 0. The van der Waals surface area contributed by atoms with Crippen LogP contribution in [-0.4, -0.2) is 25.3 Å². The van der Waals surface area contributed by atoms with Crippen molar-refractivity contribution in [2.45, 2.75) is 0 Å². The Morgan fingerprint density at radius 2 is 2.42 bits per heavy atom. The summed E-state index contributed by atoms with van der Waals surface area (Å²) in [7, 11) is 3.87. The van der Waals surface area contributed by atoms with Gasteiger partial charge < -0.3 is 4.90 Å². The lowest BCUT2D eigenvalue weighted by Crippen LogP contribution is -2.07. The minimum absolute atomic E-state index is 0.818. The zero-order valence-electron chi connectivity index (χ0n) is 7.32. The fourth-order valence-corrected chi connectivity index (χ4v) is 1.34. The van der Waals surface area contributed by atoms with Gasteiger partial charge in [-0.25, -0.2) is 4.99 Å². The van der Waals surface area contributed by atoms with Crippen molar-refractivity contribution in [2.75, 3.05) is 14.1 Å². The van der Waals surface area contributed by atoms with Gasteiger partial charge in [-0.1, -0.05) is 12.6 Å². The van der Waals surface area contributed by atoms with Crippen molar-refractivity contribution < 1.29 is 0 Å². The third-order valence-electron chi connectivity index (χ3n) is 1.25. The fourth-order valence-electron chi connectivity index (χ4n) is 0.692. The maximum absolute atomic E-state index is 4.18. The Kier molecular flexibility index (Phi) is 3.05. The van der Waals surface area contributed by atoms with Gasteiger partial charge in [0.2, 0.25) is 0 Å². The highest BCUT2D eigenvalue weighted by Crippen LogP contribution is 2.18. The van der Waals surface area contributed by atoms with E-state index in [-0.39, 0.29) is 0 Å². The lowest BCUT2D eigenvalue weighted by atomic mass is 10.4. The highest BCUT2D eigenvalue weighted by atomic mass is 32.1. The summed E-state index contributed by atoms with van der Waals surface area (Å²) in [6.45, 7) is 3.85. The summed E-state index contributed by atoms with van der Waals surface area (Å²) in [4.78, 5) is 7.19. The van der Waals surface area contributed by atoms with Gasteiger partial charge in [-0.2, -0.15) is 0 Å². The van der Waals surface area contributed by atoms with Crippen LogP contribution in [0, 0.1) is 0 Å². The van der Waals surface area contributed by atoms with Crippen LogP contribution in [-0.2, 0) is 0 Å². The van der Waals surface area contributed by atoms with Gasteiger partial charge in [0, 0.05) is 14.1 Å². The number of hydrogen-bond acceptors (Lipinski definition) is 2. The number of nitrogens with zero attached hydrogens (tertiary/aromatic N) is 2. The molecule has 0 saturated heterocycles. The lowest BCUT2D eigenvalue weighted by Gasteiger charge is -2.02. The van der Waals surface area contributed by atoms with Gasteiger partial charge >= 0.3 is 0 Å². The molecular formula is C9H12N2S. The van der Waals surface area contributed by atoms with Crippen LogP contribution in [0.4, 0.5) is 0 Å². The molecule has 12 heavy (non-hydrogen) atoms. The molecule has 0 saturated carbocycles. The van der Waals surface area contributed by atoms with Crippen molar-refractivity contribution in [1.82, 2.24) is 4.90 Å². The average Bonchev–Trinajstić information content (AvgIpc) is 2.51. The van der Waals surface area contributed by atoms with Gasteiger partial charge in [0.05, 0.1) is 16.9 Å². The molecule has 1 rings (SSSR count). The van der Waals surface area contributed by atoms with E-state index in [2.05, 4.69) is 11.6 Å². The molecule has 0 aromatic carbocycles. The number of aliphatic imine (C=N–C) groups is 1. The van der Waals surface area contributed by atoms with Crippen molar-refractivity contribution >= 4 is 23.4 Å². The molecule has 0 amide bonds. The summed E-state index contributed by atoms with van der Waals surface area (Å²) in [6, 6.07) is 4.01. The monoisotopic (exact) mass is 180 g/mol. The summed E-state index contributed by atoms with van der Waals surface area (Å²) in [5.74, 6) is 0. The number of rotatable bonds is 3. The predicted molar refractivity (Wildman–Crippen MR) is 55.5 cm³/mol. The highest BCUT2D eigenvalue weighted by Gasteiger charge is 1.95. The van der Waals surface area contributed by atoms with Gasteiger partial charge in [0.15, 0.2) is 0 Å². The molecule has 0 N–H and O–H groups in total. The Morgan fingerprint density at radius 3 is 2.92 bits per heavy atom. The third-order valence-corrected chi connectivity index (χ3v) is 2.17. The summed E-state index contributed by atoms with van der Waals surface area (Å²) in [5, 5.41) is 2.02.